The van der Waals surface area contributed by atoms with Crippen molar-refractivity contribution in [3.63, 3.8) is 0 Å². The summed E-state index contributed by atoms with van der Waals surface area (Å²) in [6, 6.07) is 6.31. The maximum absolute atomic E-state index is 13.4. The van der Waals surface area contributed by atoms with Gasteiger partial charge in [0.05, 0.1) is 11.8 Å². The van der Waals surface area contributed by atoms with Crippen molar-refractivity contribution in [3.8, 4) is 5.69 Å². The summed E-state index contributed by atoms with van der Waals surface area (Å²) >= 11 is 0. The molecule has 0 fully saturated rings. The van der Waals surface area contributed by atoms with Crippen LogP contribution in [0.5, 0.6) is 0 Å². The van der Waals surface area contributed by atoms with E-state index in [0.29, 0.717) is 17.7 Å². The van der Waals surface area contributed by atoms with E-state index in [1.54, 1.807) is 31.3 Å². The number of aromatic nitrogens is 2. The Morgan fingerprint density at radius 2 is 2.19 bits per heavy atom. The van der Waals surface area contributed by atoms with Gasteiger partial charge in [0.2, 0.25) is 0 Å². The van der Waals surface area contributed by atoms with Gasteiger partial charge in [0.1, 0.15) is 11.5 Å². The van der Waals surface area contributed by atoms with E-state index in [4.69, 9.17) is 0 Å². The predicted molar refractivity (Wildman–Crippen MR) is 58.1 cm³/mol. The zero-order chi connectivity index (χ0) is 11.5. The number of rotatable bonds is 3. The van der Waals surface area contributed by atoms with Crippen molar-refractivity contribution < 1.29 is 9.18 Å². The van der Waals surface area contributed by atoms with Crippen molar-refractivity contribution in [2.45, 2.75) is 13.3 Å². The molecule has 0 aliphatic carbocycles. The van der Waals surface area contributed by atoms with Crippen LogP contribution in [0.25, 0.3) is 5.69 Å². The average Bonchev–Trinajstić information content (AvgIpc) is 2.78. The van der Waals surface area contributed by atoms with E-state index < -0.39 is 0 Å². The van der Waals surface area contributed by atoms with E-state index in [1.165, 1.54) is 16.9 Å². The molecule has 1 aromatic heterocycles. The van der Waals surface area contributed by atoms with Crippen molar-refractivity contribution in [2.75, 3.05) is 0 Å². The highest BCUT2D eigenvalue weighted by Gasteiger charge is 2.09. The van der Waals surface area contributed by atoms with Crippen LogP contribution in [0.4, 0.5) is 4.39 Å². The van der Waals surface area contributed by atoms with Crippen molar-refractivity contribution in [2.24, 2.45) is 0 Å². The fraction of sp³-hybridized carbons (Fsp3) is 0.167. The average molecular weight is 218 g/mol. The van der Waals surface area contributed by atoms with Crippen LogP contribution in [0.2, 0.25) is 0 Å². The molecule has 2 aromatic rings. The second-order valence-electron chi connectivity index (χ2n) is 3.40. The first-order valence-corrected chi connectivity index (χ1v) is 5.05. The number of carbonyl (C=O) groups excluding carboxylic acids is 1. The highest BCUT2D eigenvalue weighted by Crippen LogP contribution is 2.13. The molecular weight excluding hydrogens is 207 g/mol. The van der Waals surface area contributed by atoms with Gasteiger partial charge in [-0.05, 0) is 12.1 Å². The monoisotopic (exact) mass is 218 g/mol. The Morgan fingerprint density at radius 1 is 1.44 bits per heavy atom. The summed E-state index contributed by atoms with van der Waals surface area (Å²) in [5.41, 5.74) is 0.850. The summed E-state index contributed by atoms with van der Waals surface area (Å²) in [7, 11) is 0. The first-order chi connectivity index (χ1) is 7.72. The topological polar surface area (TPSA) is 34.9 Å². The third kappa shape index (κ3) is 1.86. The number of benzene rings is 1. The van der Waals surface area contributed by atoms with Gasteiger partial charge >= 0.3 is 0 Å². The largest absolute Gasteiger partial charge is 0.294 e. The SMILES string of the molecule is CCC(=O)c1cnn(-c2ccccc2F)c1. The molecule has 0 radical (unpaired) electrons. The van der Waals surface area contributed by atoms with Crippen LogP contribution < -0.4 is 0 Å². The summed E-state index contributed by atoms with van der Waals surface area (Å²) in [6.07, 6.45) is 3.42. The number of para-hydroxylation sites is 1. The Balaban J connectivity index is 2.39. The lowest BCUT2D eigenvalue weighted by atomic mass is 10.2. The number of halogens is 1. The van der Waals surface area contributed by atoms with Crippen molar-refractivity contribution >= 4 is 5.78 Å². The molecule has 3 nitrogen and oxygen atoms in total. The van der Waals surface area contributed by atoms with Gasteiger partial charge in [0.25, 0.3) is 0 Å². The summed E-state index contributed by atoms with van der Waals surface area (Å²) in [4.78, 5) is 11.4. The van der Waals surface area contributed by atoms with E-state index in [2.05, 4.69) is 5.10 Å². The third-order valence-electron chi connectivity index (χ3n) is 2.32. The summed E-state index contributed by atoms with van der Waals surface area (Å²) in [5, 5.41) is 3.97. The molecule has 0 saturated carbocycles. The smallest absolute Gasteiger partial charge is 0.165 e. The molecule has 16 heavy (non-hydrogen) atoms. The molecule has 2 rings (SSSR count). The van der Waals surface area contributed by atoms with Crippen LogP contribution in [-0.4, -0.2) is 15.6 Å². The number of nitrogens with zero attached hydrogens (tertiary/aromatic N) is 2. The number of ketones is 1. The van der Waals surface area contributed by atoms with Gasteiger partial charge in [-0.1, -0.05) is 19.1 Å². The molecule has 0 unspecified atom stereocenters. The van der Waals surface area contributed by atoms with E-state index in [1.807, 2.05) is 0 Å². The lowest BCUT2D eigenvalue weighted by Crippen LogP contribution is -1.98. The molecule has 0 aliphatic rings. The van der Waals surface area contributed by atoms with Crippen LogP contribution in [0, 0.1) is 5.82 Å². The Labute approximate surface area is 92.5 Å². The fourth-order valence-electron chi connectivity index (χ4n) is 1.44. The zero-order valence-corrected chi connectivity index (χ0v) is 8.85. The summed E-state index contributed by atoms with van der Waals surface area (Å²) < 4.78 is 14.8. The van der Waals surface area contributed by atoms with Crippen LogP contribution in [0.15, 0.2) is 36.7 Å². The molecule has 0 spiro atoms. The van der Waals surface area contributed by atoms with Crippen LogP contribution in [0.3, 0.4) is 0 Å². The number of Topliss-reactive ketones (excluding diaryl/α,β-unsaturated/α-hetero) is 1. The zero-order valence-electron chi connectivity index (χ0n) is 8.85. The Hall–Kier alpha value is -1.97. The molecule has 0 saturated heterocycles. The first-order valence-electron chi connectivity index (χ1n) is 5.05. The molecular formula is C12H11FN2O. The minimum Gasteiger partial charge on any atom is -0.294 e. The Kier molecular flexibility index (Phi) is 2.81. The lowest BCUT2D eigenvalue weighted by Gasteiger charge is -2.01. The molecule has 1 aromatic carbocycles. The van der Waals surface area contributed by atoms with Crippen molar-refractivity contribution in [1.82, 2.24) is 9.78 Å². The van der Waals surface area contributed by atoms with Crippen molar-refractivity contribution in [1.29, 1.82) is 0 Å². The van der Waals surface area contributed by atoms with Gasteiger partial charge in [-0.3, -0.25) is 4.79 Å². The molecule has 0 N–H and O–H groups in total. The lowest BCUT2D eigenvalue weighted by molar-refractivity contribution is 0.0988. The molecule has 82 valence electrons. The van der Waals surface area contributed by atoms with Crippen molar-refractivity contribution in [3.05, 3.63) is 48.0 Å². The van der Waals surface area contributed by atoms with Crippen LogP contribution in [-0.2, 0) is 0 Å². The van der Waals surface area contributed by atoms with Gasteiger partial charge in [-0.2, -0.15) is 5.10 Å². The minimum atomic E-state index is -0.360. The van der Waals surface area contributed by atoms with Crippen LogP contribution >= 0.6 is 0 Å². The normalized spacial score (nSPS) is 10.4. The predicted octanol–water partition coefficient (Wildman–Crippen LogP) is 2.60. The Bertz CT molecular complexity index is 519. The van der Waals surface area contributed by atoms with E-state index in [9.17, 15) is 9.18 Å². The Morgan fingerprint density at radius 3 is 2.88 bits per heavy atom. The quantitative estimate of drug-likeness (QED) is 0.742. The third-order valence-corrected chi connectivity index (χ3v) is 2.32. The standard InChI is InChI=1S/C12H11FN2O/c1-2-12(16)9-7-14-15(8-9)11-6-4-3-5-10(11)13/h3-8H,2H2,1H3. The molecule has 0 atom stereocenters. The molecule has 0 amide bonds. The van der Waals surface area contributed by atoms with Gasteiger partial charge in [0, 0.05) is 12.6 Å². The molecule has 0 bridgehead atoms. The summed E-state index contributed by atoms with van der Waals surface area (Å²) in [5.74, 6) is -0.358. The molecule has 4 heteroatoms. The van der Waals surface area contributed by atoms with Gasteiger partial charge in [0.15, 0.2) is 5.78 Å². The maximum Gasteiger partial charge on any atom is 0.165 e. The molecule has 0 aliphatic heterocycles. The summed E-state index contributed by atoms with van der Waals surface area (Å²) in [6.45, 7) is 1.78. The van der Waals surface area contributed by atoms with E-state index in [0.717, 1.165) is 0 Å². The van der Waals surface area contributed by atoms with E-state index >= 15 is 0 Å². The first kappa shape index (κ1) is 10.5. The maximum atomic E-state index is 13.4. The minimum absolute atomic E-state index is 0.00240. The van der Waals surface area contributed by atoms with Crippen LogP contribution in [0.1, 0.15) is 23.7 Å². The number of hydrogen-bond acceptors (Lipinski definition) is 2. The number of hydrogen-bond donors (Lipinski definition) is 0. The fourth-order valence-corrected chi connectivity index (χ4v) is 1.44. The highest BCUT2D eigenvalue weighted by atomic mass is 19.1. The van der Waals surface area contributed by atoms with E-state index in [-0.39, 0.29) is 11.6 Å². The number of carbonyl (C=O) groups is 1. The van der Waals surface area contributed by atoms with Gasteiger partial charge in [-0.25, -0.2) is 9.07 Å². The second kappa shape index (κ2) is 4.26. The molecule has 1 heterocycles. The second-order valence-corrected chi connectivity index (χ2v) is 3.40. The van der Waals surface area contributed by atoms with Gasteiger partial charge in [-0.15, -0.1) is 0 Å². The highest BCUT2D eigenvalue weighted by molar-refractivity contribution is 5.95. The van der Waals surface area contributed by atoms with Gasteiger partial charge < -0.3 is 0 Å².